The van der Waals surface area contributed by atoms with Crippen LogP contribution >= 0.6 is 0 Å². The van der Waals surface area contributed by atoms with Gasteiger partial charge in [0.05, 0.1) is 40.3 Å². The van der Waals surface area contributed by atoms with Gasteiger partial charge in [0.15, 0.2) is 6.10 Å². The number of allylic oxidation sites excluding steroid dienone is 4. The lowest BCUT2D eigenvalue weighted by Crippen LogP contribution is -2.55. The number of hydrogen-bond acceptors (Lipinski definition) is 7. The van der Waals surface area contributed by atoms with Crippen LogP contribution < -0.4 is 5.11 Å². The van der Waals surface area contributed by atoms with E-state index in [1.165, 1.54) is 135 Å². The van der Waals surface area contributed by atoms with Crippen molar-refractivity contribution in [1.82, 2.24) is 0 Å². The first-order valence-corrected chi connectivity index (χ1v) is 23.4. The smallest absolute Gasteiger partial charge is 0.306 e. The molecule has 0 aromatic carbocycles. The van der Waals surface area contributed by atoms with Crippen LogP contribution in [0.1, 0.15) is 213 Å². The Morgan fingerprint density at radius 2 is 0.946 bits per heavy atom. The Labute approximate surface area is 345 Å². The molecule has 2 atom stereocenters. The van der Waals surface area contributed by atoms with Gasteiger partial charge in [-0.25, -0.2) is 0 Å². The van der Waals surface area contributed by atoms with Crippen molar-refractivity contribution >= 4 is 17.9 Å². The van der Waals surface area contributed by atoms with Crippen molar-refractivity contribution in [2.24, 2.45) is 0 Å². The van der Waals surface area contributed by atoms with Crippen molar-refractivity contribution in [3.8, 4) is 0 Å². The number of carbonyl (C=O) groups excluding carboxylic acids is 3. The summed E-state index contributed by atoms with van der Waals surface area (Å²) in [4.78, 5) is 36.8. The molecule has 2 unspecified atom stereocenters. The molecule has 0 aliphatic heterocycles. The third-order valence-corrected chi connectivity index (χ3v) is 10.6. The summed E-state index contributed by atoms with van der Waals surface area (Å²) in [5.41, 5.74) is 0. The standard InChI is InChI=1S/C48H89NO7/c1-6-8-10-12-14-16-17-18-19-20-21-22-23-24-25-26-27-28-29-31-33-35-37-39-47(51)56-44(42-54-41-40-45(48(52)53)49(3,4)5)43-55-46(50)38-36-34-32-30-15-13-11-9-7-2/h17-18,20-21,44-45H,6-16,19,22-43H2,1-5H3/b18-17-,21-20-. The maximum absolute atomic E-state index is 12.7. The second kappa shape index (κ2) is 39.6. The third kappa shape index (κ3) is 37.4. The first kappa shape index (κ1) is 53.8. The van der Waals surface area contributed by atoms with Crippen LogP contribution in [0.4, 0.5) is 0 Å². The number of aliphatic carboxylic acids is 1. The predicted octanol–water partition coefficient (Wildman–Crippen LogP) is 11.5. The van der Waals surface area contributed by atoms with Crippen LogP contribution in [-0.4, -0.2) is 75.5 Å². The molecular formula is C48H89NO7. The zero-order chi connectivity index (χ0) is 41.4. The molecule has 8 nitrogen and oxygen atoms in total. The lowest BCUT2D eigenvalue weighted by atomic mass is 10.0. The molecule has 0 radical (unpaired) electrons. The monoisotopic (exact) mass is 792 g/mol. The minimum Gasteiger partial charge on any atom is -0.544 e. The van der Waals surface area contributed by atoms with Crippen molar-refractivity contribution in [3.63, 3.8) is 0 Å². The van der Waals surface area contributed by atoms with E-state index in [2.05, 4.69) is 38.2 Å². The van der Waals surface area contributed by atoms with Gasteiger partial charge >= 0.3 is 11.9 Å². The Morgan fingerprint density at radius 3 is 1.38 bits per heavy atom. The normalized spacial score (nSPS) is 13.1. The van der Waals surface area contributed by atoms with E-state index in [1.54, 1.807) is 21.1 Å². The van der Waals surface area contributed by atoms with Crippen LogP contribution in [-0.2, 0) is 28.6 Å². The first-order chi connectivity index (χ1) is 27.1. The molecule has 0 fully saturated rings. The van der Waals surface area contributed by atoms with Crippen LogP contribution in [0.5, 0.6) is 0 Å². The Kier molecular flexibility index (Phi) is 38.1. The van der Waals surface area contributed by atoms with Crippen LogP contribution in [0.3, 0.4) is 0 Å². The number of carboxylic acids is 1. The maximum Gasteiger partial charge on any atom is 0.306 e. The molecule has 0 rings (SSSR count). The predicted molar refractivity (Wildman–Crippen MR) is 231 cm³/mol. The van der Waals surface area contributed by atoms with Crippen LogP contribution in [0.15, 0.2) is 24.3 Å². The third-order valence-electron chi connectivity index (χ3n) is 10.6. The molecule has 0 bridgehead atoms. The van der Waals surface area contributed by atoms with Crippen molar-refractivity contribution in [1.29, 1.82) is 0 Å². The quantitative estimate of drug-likeness (QED) is 0.0262. The number of carboxylic acid groups (broad SMARTS) is 1. The van der Waals surface area contributed by atoms with Gasteiger partial charge in [-0.05, 0) is 44.9 Å². The number of likely N-dealkylation sites (N-methyl/N-ethyl adjacent to an activating group) is 1. The lowest BCUT2D eigenvalue weighted by Gasteiger charge is -2.34. The lowest BCUT2D eigenvalue weighted by molar-refractivity contribution is -0.889. The fraction of sp³-hybridized carbons (Fsp3) is 0.854. The SMILES string of the molecule is CCCCCCC/C=C\C/C=C\CCCCCCCCCCCCCC(=O)OC(COCCC(C(=O)[O-])[N+](C)(C)C)COC(=O)CCCCCCCCCCC. The highest BCUT2D eigenvalue weighted by Crippen LogP contribution is 2.15. The summed E-state index contributed by atoms with van der Waals surface area (Å²) >= 11 is 0. The number of nitrogens with zero attached hydrogens (tertiary/aromatic N) is 1. The van der Waals surface area contributed by atoms with Crippen LogP contribution in [0.25, 0.3) is 0 Å². The molecule has 0 aromatic rings. The zero-order valence-corrected chi connectivity index (χ0v) is 37.3. The molecule has 0 saturated heterocycles. The molecule has 56 heavy (non-hydrogen) atoms. The summed E-state index contributed by atoms with van der Waals surface area (Å²) in [6.07, 6.45) is 43.5. The Morgan fingerprint density at radius 1 is 0.536 bits per heavy atom. The number of quaternary nitrogens is 1. The minimum atomic E-state index is -1.12. The van der Waals surface area contributed by atoms with Crippen molar-refractivity contribution < 1.29 is 38.2 Å². The molecule has 0 aliphatic rings. The zero-order valence-electron chi connectivity index (χ0n) is 37.3. The summed E-state index contributed by atoms with van der Waals surface area (Å²) in [5.74, 6) is -1.73. The van der Waals surface area contributed by atoms with E-state index in [1.807, 2.05) is 0 Å². The van der Waals surface area contributed by atoms with Crippen molar-refractivity contribution in [3.05, 3.63) is 24.3 Å². The summed E-state index contributed by atoms with van der Waals surface area (Å²) in [5, 5.41) is 11.6. The van der Waals surface area contributed by atoms with E-state index >= 15 is 0 Å². The van der Waals surface area contributed by atoms with Crippen molar-refractivity contribution in [2.45, 2.75) is 225 Å². The minimum absolute atomic E-state index is 0.0439. The molecule has 8 heteroatoms. The van der Waals surface area contributed by atoms with Crippen LogP contribution in [0.2, 0.25) is 0 Å². The molecular weight excluding hydrogens is 703 g/mol. The number of carbonyl (C=O) groups is 3. The van der Waals surface area contributed by atoms with Gasteiger partial charge in [-0.3, -0.25) is 9.59 Å². The van der Waals surface area contributed by atoms with Crippen molar-refractivity contribution in [2.75, 3.05) is 41.0 Å². The van der Waals surface area contributed by atoms with Crippen LogP contribution in [0, 0.1) is 0 Å². The highest BCUT2D eigenvalue weighted by molar-refractivity contribution is 5.70. The summed E-state index contributed by atoms with van der Waals surface area (Å²) in [7, 11) is 5.41. The summed E-state index contributed by atoms with van der Waals surface area (Å²) in [6.45, 7) is 4.64. The number of esters is 2. The fourth-order valence-corrected chi connectivity index (χ4v) is 6.93. The van der Waals surface area contributed by atoms with Gasteiger partial charge in [0.25, 0.3) is 0 Å². The van der Waals surface area contributed by atoms with E-state index in [0.717, 1.165) is 44.9 Å². The maximum atomic E-state index is 12.7. The Hall–Kier alpha value is -2.19. The second-order valence-electron chi connectivity index (χ2n) is 17.0. The summed E-state index contributed by atoms with van der Waals surface area (Å²) in [6, 6.07) is -0.722. The Balaban J connectivity index is 4.17. The Bertz CT molecular complexity index is 973. The van der Waals surface area contributed by atoms with Gasteiger partial charge in [-0.2, -0.15) is 0 Å². The van der Waals surface area contributed by atoms with Gasteiger partial charge in [-0.1, -0.05) is 173 Å². The number of hydrogen-bond donors (Lipinski definition) is 0. The van der Waals surface area contributed by atoms with E-state index in [9.17, 15) is 19.5 Å². The van der Waals surface area contributed by atoms with Gasteiger partial charge in [0.1, 0.15) is 12.6 Å². The average molecular weight is 792 g/mol. The number of ether oxygens (including phenoxy) is 3. The molecule has 328 valence electrons. The van der Waals surface area contributed by atoms with Gasteiger partial charge in [0, 0.05) is 19.3 Å². The number of rotatable bonds is 42. The topological polar surface area (TPSA) is 102 Å². The second-order valence-corrected chi connectivity index (χ2v) is 17.0. The first-order valence-electron chi connectivity index (χ1n) is 23.4. The van der Waals surface area contributed by atoms with E-state index in [-0.39, 0.29) is 42.7 Å². The highest BCUT2D eigenvalue weighted by atomic mass is 16.6. The average Bonchev–Trinajstić information content (AvgIpc) is 3.15. The molecule has 0 heterocycles. The fourth-order valence-electron chi connectivity index (χ4n) is 6.93. The van der Waals surface area contributed by atoms with E-state index < -0.39 is 18.1 Å². The molecule has 0 amide bonds. The summed E-state index contributed by atoms with van der Waals surface area (Å²) < 4.78 is 17.1. The number of unbranched alkanes of at least 4 members (excludes halogenated alkanes) is 24. The van der Waals surface area contributed by atoms with Gasteiger partial charge < -0.3 is 28.6 Å². The van der Waals surface area contributed by atoms with Gasteiger partial charge in [0.2, 0.25) is 0 Å². The van der Waals surface area contributed by atoms with E-state index in [4.69, 9.17) is 14.2 Å². The highest BCUT2D eigenvalue weighted by Gasteiger charge is 2.25. The molecule has 0 spiro atoms. The molecule has 0 aromatic heterocycles. The van der Waals surface area contributed by atoms with E-state index in [0.29, 0.717) is 12.8 Å². The largest absolute Gasteiger partial charge is 0.544 e. The molecule has 0 N–H and O–H groups in total. The van der Waals surface area contributed by atoms with Gasteiger partial charge in [-0.15, -0.1) is 0 Å². The molecule has 0 aliphatic carbocycles. The molecule has 0 saturated carbocycles.